The zero-order valence-corrected chi connectivity index (χ0v) is 14.4. The van der Waals surface area contributed by atoms with Gasteiger partial charge in [0.05, 0.1) is 18.1 Å². The number of hydrogen-bond acceptors (Lipinski definition) is 4. The van der Waals surface area contributed by atoms with E-state index in [1.165, 1.54) is 5.69 Å². The fourth-order valence-electron chi connectivity index (χ4n) is 3.15. The zero-order valence-electron chi connectivity index (χ0n) is 12.8. The number of benzene rings is 1. The first-order valence-corrected chi connectivity index (χ1v) is 8.41. The predicted octanol–water partition coefficient (Wildman–Crippen LogP) is 2.00. The number of anilines is 1. The summed E-state index contributed by atoms with van der Waals surface area (Å²) in [6.45, 7) is 4.66. The van der Waals surface area contributed by atoms with E-state index in [9.17, 15) is 0 Å². The molecule has 0 amide bonds. The third-order valence-electron chi connectivity index (χ3n) is 4.35. The van der Waals surface area contributed by atoms with Crippen molar-refractivity contribution < 1.29 is 0 Å². The van der Waals surface area contributed by atoms with Crippen LogP contribution in [-0.2, 0) is 7.05 Å². The molecule has 0 saturated carbocycles. The van der Waals surface area contributed by atoms with E-state index in [0.717, 1.165) is 36.5 Å². The van der Waals surface area contributed by atoms with E-state index in [2.05, 4.69) is 65.6 Å². The van der Waals surface area contributed by atoms with Gasteiger partial charge < -0.3 is 15.2 Å². The number of nitrogens with two attached hydrogens (primary N) is 1. The maximum absolute atomic E-state index is 6.06. The van der Waals surface area contributed by atoms with Crippen LogP contribution in [0, 0.1) is 0 Å². The molecule has 1 atom stereocenters. The molecule has 1 aliphatic rings. The van der Waals surface area contributed by atoms with Gasteiger partial charge in [-0.25, -0.2) is 4.98 Å². The van der Waals surface area contributed by atoms with Gasteiger partial charge in [-0.2, -0.15) is 0 Å². The number of para-hydroxylation sites is 1. The minimum absolute atomic E-state index is 0.208. The summed E-state index contributed by atoms with van der Waals surface area (Å²) in [5.41, 5.74) is 8.52. The predicted molar refractivity (Wildman–Crippen MR) is 92.9 cm³/mol. The molecule has 1 aromatic carbocycles. The van der Waals surface area contributed by atoms with Gasteiger partial charge in [-0.05, 0) is 28.1 Å². The molecule has 0 bridgehead atoms. The molecule has 1 saturated heterocycles. The van der Waals surface area contributed by atoms with Crippen molar-refractivity contribution >= 4 is 21.6 Å². The van der Waals surface area contributed by atoms with Crippen LogP contribution in [0.3, 0.4) is 0 Å². The van der Waals surface area contributed by atoms with Crippen LogP contribution in [0.15, 0.2) is 41.3 Å². The normalized spacial score (nSPS) is 17.7. The molecule has 2 heterocycles. The molecule has 2 N–H and O–H groups in total. The first-order valence-electron chi connectivity index (χ1n) is 7.61. The van der Waals surface area contributed by atoms with Gasteiger partial charge in [-0.15, -0.1) is 0 Å². The SMILES string of the molecule is Cn1cnc(Br)c1C(CN)N1CCN(c2ccccc2)CC1. The van der Waals surface area contributed by atoms with E-state index >= 15 is 0 Å². The van der Waals surface area contributed by atoms with Crippen molar-refractivity contribution in [3.63, 3.8) is 0 Å². The van der Waals surface area contributed by atoms with Crippen molar-refractivity contribution in [3.8, 4) is 0 Å². The van der Waals surface area contributed by atoms with Crippen LogP contribution in [0.1, 0.15) is 11.7 Å². The molecular formula is C16H22BrN5. The molecule has 1 aliphatic heterocycles. The largest absolute Gasteiger partial charge is 0.369 e. The van der Waals surface area contributed by atoms with Crippen LogP contribution in [0.25, 0.3) is 0 Å². The smallest absolute Gasteiger partial charge is 0.128 e. The highest BCUT2D eigenvalue weighted by atomic mass is 79.9. The van der Waals surface area contributed by atoms with Crippen molar-refractivity contribution in [2.24, 2.45) is 12.8 Å². The quantitative estimate of drug-likeness (QED) is 0.902. The fourth-order valence-corrected chi connectivity index (χ4v) is 3.78. The first-order chi connectivity index (χ1) is 10.7. The molecule has 3 rings (SSSR count). The molecule has 1 unspecified atom stereocenters. The van der Waals surface area contributed by atoms with Crippen molar-refractivity contribution in [2.45, 2.75) is 6.04 Å². The Balaban J connectivity index is 1.70. The Morgan fingerprint density at radius 1 is 1.18 bits per heavy atom. The number of aromatic nitrogens is 2. The maximum atomic E-state index is 6.06. The highest BCUT2D eigenvalue weighted by Gasteiger charge is 2.27. The first kappa shape index (κ1) is 15.5. The van der Waals surface area contributed by atoms with Crippen molar-refractivity contribution in [1.29, 1.82) is 0 Å². The highest BCUT2D eigenvalue weighted by molar-refractivity contribution is 9.10. The van der Waals surface area contributed by atoms with Crippen LogP contribution in [0.2, 0.25) is 0 Å². The van der Waals surface area contributed by atoms with E-state index in [0.29, 0.717) is 6.54 Å². The molecular weight excluding hydrogens is 342 g/mol. The molecule has 5 nitrogen and oxygen atoms in total. The van der Waals surface area contributed by atoms with Gasteiger partial charge in [0.15, 0.2) is 0 Å². The Bertz CT molecular complexity index is 585. The number of nitrogens with zero attached hydrogens (tertiary/aromatic N) is 4. The lowest BCUT2D eigenvalue weighted by Crippen LogP contribution is -2.49. The van der Waals surface area contributed by atoms with Crippen LogP contribution < -0.4 is 10.6 Å². The summed E-state index contributed by atoms with van der Waals surface area (Å²) < 4.78 is 2.96. The van der Waals surface area contributed by atoms with Gasteiger partial charge >= 0.3 is 0 Å². The summed E-state index contributed by atoms with van der Waals surface area (Å²) in [6.07, 6.45) is 1.84. The van der Waals surface area contributed by atoms with Crippen LogP contribution in [0.5, 0.6) is 0 Å². The van der Waals surface area contributed by atoms with Crippen LogP contribution in [0.4, 0.5) is 5.69 Å². The molecule has 0 aliphatic carbocycles. The van der Waals surface area contributed by atoms with E-state index in [4.69, 9.17) is 5.73 Å². The van der Waals surface area contributed by atoms with E-state index in [-0.39, 0.29) is 6.04 Å². The summed E-state index contributed by atoms with van der Waals surface area (Å²) in [5, 5.41) is 0. The second-order valence-corrected chi connectivity index (χ2v) is 6.39. The van der Waals surface area contributed by atoms with Gasteiger partial charge in [0, 0.05) is 45.5 Å². The number of piperazine rings is 1. The second-order valence-electron chi connectivity index (χ2n) is 5.64. The van der Waals surface area contributed by atoms with Crippen molar-refractivity contribution in [1.82, 2.24) is 14.5 Å². The van der Waals surface area contributed by atoms with Gasteiger partial charge in [0.25, 0.3) is 0 Å². The van der Waals surface area contributed by atoms with Gasteiger partial charge in [0.1, 0.15) is 4.60 Å². The van der Waals surface area contributed by atoms with Gasteiger partial charge in [-0.3, -0.25) is 4.90 Å². The third kappa shape index (κ3) is 3.04. The minimum Gasteiger partial charge on any atom is -0.369 e. The van der Waals surface area contributed by atoms with Gasteiger partial charge in [0.2, 0.25) is 0 Å². The minimum atomic E-state index is 0.208. The van der Waals surface area contributed by atoms with Crippen LogP contribution in [-0.4, -0.2) is 47.2 Å². The Morgan fingerprint density at radius 3 is 2.41 bits per heavy atom. The Morgan fingerprint density at radius 2 is 1.86 bits per heavy atom. The average Bonchev–Trinajstić information content (AvgIpc) is 2.90. The third-order valence-corrected chi connectivity index (χ3v) is 4.96. The lowest BCUT2D eigenvalue weighted by atomic mass is 10.1. The van der Waals surface area contributed by atoms with E-state index < -0.39 is 0 Å². The number of imidazole rings is 1. The average molecular weight is 364 g/mol. The number of aryl methyl sites for hydroxylation is 1. The zero-order chi connectivity index (χ0) is 15.5. The number of rotatable bonds is 4. The standard InChI is InChI=1S/C16H22BrN5/c1-20-12-19-16(17)15(20)14(11-18)22-9-7-21(8-10-22)13-5-3-2-4-6-13/h2-6,12,14H,7-11,18H2,1H3. The topological polar surface area (TPSA) is 50.3 Å². The molecule has 6 heteroatoms. The van der Waals surface area contributed by atoms with E-state index in [1.807, 2.05) is 13.4 Å². The fraction of sp³-hybridized carbons (Fsp3) is 0.438. The molecule has 118 valence electrons. The summed E-state index contributed by atoms with van der Waals surface area (Å²) in [4.78, 5) is 9.22. The monoisotopic (exact) mass is 363 g/mol. The Kier molecular flexibility index (Phi) is 4.81. The Labute approximate surface area is 139 Å². The Hall–Kier alpha value is -1.37. The van der Waals surface area contributed by atoms with E-state index in [1.54, 1.807) is 0 Å². The summed E-state index contributed by atoms with van der Waals surface area (Å²) in [6, 6.07) is 10.8. The molecule has 2 aromatic rings. The van der Waals surface area contributed by atoms with Crippen LogP contribution >= 0.6 is 15.9 Å². The molecule has 1 aromatic heterocycles. The van der Waals surface area contributed by atoms with Crippen molar-refractivity contribution in [3.05, 3.63) is 47.0 Å². The van der Waals surface area contributed by atoms with Crippen molar-refractivity contribution in [2.75, 3.05) is 37.6 Å². The molecule has 22 heavy (non-hydrogen) atoms. The summed E-state index contributed by atoms with van der Waals surface area (Å²) in [5.74, 6) is 0. The molecule has 1 fully saturated rings. The van der Waals surface area contributed by atoms with Gasteiger partial charge in [-0.1, -0.05) is 18.2 Å². The number of halogens is 1. The summed E-state index contributed by atoms with van der Waals surface area (Å²) >= 11 is 3.55. The molecule has 0 radical (unpaired) electrons. The molecule has 0 spiro atoms. The lowest BCUT2D eigenvalue weighted by molar-refractivity contribution is 0.184. The number of hydrogen-bond donors (Lipinski definition) is 1. The highest BCUT2D eigenvalue weighted by Crippen LogP contribution is 2.27. The summed E-state index contributed by atoms with van der Waals surface area (Å²) in [7, 11) is 2.02. The second kappa shape index (κ2) is 6.81. The maximum Gasteiger partial charge on any atom is 0.128 e. The lowest BCUT2D eigenvalue weighted by Gasteiger charge is -2.40.